The third kappa shape index (κ3) is 3.68. The van der Waals surface area contributed by atoms with Crippen LogP contribution in [-0.4, -0.2) is 23.2 Å². The zero-order chi connectivity index (χ0) is 17.8. The number of aromatic nitrogens is 2. The van der Waals surface area contributed by atoms with Crippen LogP contribution in [0.25, 0.3) is 11.1 Å². The molecule has 0 bridgehead atoms. The van der Waals surface area contributed by atoms with Crippen LogP contribution in [-0.2, 0) is 6.42 Å². The Morgan fingerprint density at radius 2 is 1.96 bits per heavy atom. The van der Waals surface area contributed by atoms with E-state index in [1.54, 1.807) is 12.1 Å². The Morgan fingerprint density at radius 3 is 2.72 bits per heavy atom. The molecule has 0 unspecified atom stereocenters. The molecule has 0 aliphatic carbocycles. The normalized spacial score (nSPS) is 10.8. The first-order valence-corrected chi connectivity index (χ1v) is 7.65. The fourth-order valence-corrected chi connectivity index (χ4v) is 2.33. The fraction of sp³-hybridized carbons (Fsp3) is 0.235. The first-order valence-electron chi connectivity index (χ1n) is 7.65. The van der Waals surface area contributed by atoms with Gasteiger partial charge in [0.1, 0.15) is 18.6 Å². The van der Waals surface area contributed by atoms with Gasteiger partial charge in [0.25, 0.3) is 11.6 Å². The maximum Gasteiger partial charge on any atom is 0.337 e. The van der Waals surface area contributed by atoms with E-state index in [1.807, 2.05) is 6.92 Å². The minimum atomic E-state index is -0.587. The van der Waals surface area contributed by atoms with Gasteiger partial charge in [-0.15, -0.1) is 0 Å². The molecule has 0 saturated heterocycles. The molecule has 1 N–H and O–H groups in total. The van der Waals surface area contributed by atoms with E-state index in [4.69, 9.17) is 13.9 Å². The van der Waals surface area contributed by atoms with Crippen LogP contribution in [0.5, 0.6) is 11.8 Å². The third-order valence-electron chi connectivity index (χ3n) is 3.47. The average molecular weight is 346 g/mol. The van der Waals surface area contributed by atoms with E-state index in [1.165, 1.54) is 18.2 Å². The van der Waals surface area contributed by atoms with Gasteiger partial charge >= 0.3 is 5.63 Å². The number of aromatic amines is 1. The maximum atomic E-state index is 13.4. The Labute approximate surface area is 141 Å². The number of hydrogen-bond acceptors (Lipinski definition) is 6. The molecule has 0 aliphatic heterocycles. The molecule has 0 amide bonds. The minimum absolute atomic E-state index is 0.0144. The molecule has 25 heavy (non-hydrogen) atoms. The van der Waals surface area contributed by atoms with Crippen molar-refractivity contribution in [3.63, 3.8) is 0 Å². The van der Waals surface area contributed by atoms with Gasteiger partial charge < -0.3 is 13.9 Å². The fourth-order valence-electron chi connectivity index (χ4n) is 2.33. The predicted octanol–water partition coefficient (Wildman–Crippen LogP) is 2.04. The zero-order valence-electron chi connectivity index (χ0n) is 13.4. The standard InChI is InChI=1S/C17H15FN2O5/c1-2-10-9-13(21)25-16-14(10)15(22)19-17(20-16)24-8-7-23-12-6-4-3-5-11(12)18/h3-6,9H,2,7-8H2,1H3,(H,19,20,22). The molecule has 7 nitrogen and oxygen atoms in total. The Bertz CT molecular complexity index is 1010. The van der Waals surface area contributed by atoms with Crippen molar-refractivity contribution in [2.75, 3.05) is 13.2 Å². The van der Waals surface area contributed by atoms with E-state index in [0.29, 0.717) is 12.0 Å². The molecule has 3 rings (SSSR count). The molecule has 1 aromatic carbocycles. The van der Waals surface area contributed by atoms with Crippen molar-refractivity contribution in [1.29, 1.82) is 0 Å². The molecular weight excluding hydrogens is 331 g/mol. The van der Waals surface area contributed by atoms with Gasteiger partial charge in [-0.1, -0.05) is 19.1 Å². The highest BCUT2D eigenvalue weighted by atomic mass is 19.1. The van der Waals surface area contributed by atoms with Crippen LogP contribution in [0.15, 0.2) is 44.3 Å². The summed E-state index contributed by atoms with van der Waals surface area (Å²) in [4.78, 5) is 30.2. The van der Waals surface area contributed by atoms with Crippen molar-refractivity contribution in [2.45, 2.75) is 13.3 Å². The molecular formula is C17H15FN2O5. The highest BCUT2D eigenvalue weighted by Gasteiger charge is 2.12. The van der Waals surface area contributed by atoms with Crippen LogP contribution in [0, 0.1) is 5.82 Å². The van der Waals surface area contributed by atoms with Gasteiger partial charge in [-0.3, -0.25) is 9.78 Å². The molecule has 8 heteroatoms. The Hall–Kier alpha value is -3.16. The average Bonchev–Trinajstić information content (AvgIpc) is 2.59. The van der Waals surface area contributed by atoms with E-state index in [-0.39, 0.29) is 36.1 Å². The van der Waals surface area contributed by atoms with Crippen LogP contribution in [0.3, 0.4) is 0 Å². The summed E-state index contributed by atoms with van der Waals surface area (Å²) in [5.41, 5.74) is -0.584. The minimum Gasteiger partial charge on any atom is -0.487 e. The second-order valence-corrected chi connectivity index (χ2v) is 5.12. The number of rotatable bonds is 6. The van der Waals surface area contributed by atoms with E-state index in [0.717, 1.165) is 0 Å². The number of nitrogens with zero attached hydrogens (tertiary/aromatic N) is 1. The van der Waals surface area contributed by atoms with E-state index < -0.39 is 17.0 Å². The molecule has 2 heterocycles. The van der Waals surface area contributed by atoms with Crippen molar-refractivity contribution >= 4 is 11.1 Å². The number of benzene rings is 1. The molecule has 0 fully saturated rings. The first kappa shape index (κ1) is 16.7. The van der Waals surface area contributed by atoms with Crippen molar-refractivity contribution in [2.24, 2.45) is 0 Å². The molecule has 2 aromatic heterocycles. The van der Waals surface area contributed by atoms with Gasteiger partial charge in [-0.05, 0) is 24.1 Å². The smallest absolute Gasteiger partial charge is 0.337 e. The van der Waals surface area contributed by atoms with E-state index in [9.17, 15) is 14.0 Å². The molecule has 0 radical (unpaired) electrons. The number of fused-ring (bicyclic) bond motifs is 1. The number of aryl methyl sites for hydroxylation is 1. The number of hydrogen-bond donors (Lipinski definition) is 1. The van der Waals surface area contributed by atoms with Gasteiger partial charge in [-0.2, -0.15) is 4.98 Å². The molecule has 0 spiro atoms. The molecule has 0 aliphatic rings. The highest BCUT2D eigenvalue weighted by molar-refractivity contribution is 5.75. The van der Waals surface area contributed by atoms with Crippen LogP contribution >= 0.6 is 0 Å². The lowest BCUT2D eigenvalue weighted by molar-refractivity contribution is 0.201. The molecule has 0 atom stereocenters. The van der Waals surface area contributed by atoms with E-state index >= 15 is 0 Å². The summed E-state index contributed by atoms with van der Waals surface area (Å²) in [5.74, 6) is -0.377. The summed E-state index contributed by atoms with van der Waals surface area (Å²) in [6, 6.07) is 7.14. The van der Waals surface area contributed by atoms with Crippen LogP contribution < -0.4 is 20.7 Å². The second-order valence-electron chi connectivity index (χ2n) is 5.12. The SMILES string of the molecule is CCc1cc(=O)oc2nc(OCCOc3ccccc3F)[nH]c(=O)c12. The topological polar surface area (TPSA) is 94.4 Å². The van der Waals surface area contributed by atoms with Gasteiger partial charge in [-0.25, -0.2) is 9.18 Å². The Kier molecular flexibility index (Phi) is 4.78. The molecule has 3 aromatic rings. The van der Waals surface area contributed by atoms with Crippen molar-refractivity contribution < 1.29 is 18.3 Å². The molecule has 130 valence electrons. The maximum absolute atomic E-state index is 13.4. The summed E-state index contributed by atoms with van der Waals surface area (Å²) >= 11 is 0. The van der Waals surface area contributed by atoms with Crippen molar-refractivity contribution in [3.05, 3.63) is 62.5 Å². The van der Waals surface area contributed by atoms with Crippen LogP contribution in [0.4, 0.5) is 4.39 Å². The summed E-state index contributed by atoms with van der Waals surface area (Å²) in [7, 11) is 0. The summed E-state index contributed by atoms with van der Waals surface area (Å²) in [6.07, 6.45) is 0.490. The summed E-state index contributed by atoms with van der Waals surface area (Å²) in [6.45, 7) is 1.88. The lowest BCUT2D eigenvalue weighted by atomic mass is 10.1. The quantitative estimate of drug-likeness (QED) is 0.687. The zero-order valence-corrected chi connectivity index (χ0v) is 13.4. The number of para-hydroxylation sites is 1. The predicted molar refractivity (Wildman–Crippen MR) is 87.7 cm³/mol. The van der Waals surface area contributed by atoms with Gasteiger partial charge in [0, 0.05) is 6.07 Å². The van der Waals surface area contributed by atoms with Gasteiger partial charge in [0.2, 0.25) is 5.71 Å². The van der Waals surface area contributed by atoms with Crippen molar-refractivity contribution in [1.82, 2.24) is 9.97 Å². The first-order chi connectivity index (χ1) is 12.1. The second kappa shape index (κ2) is 7.16. The van der Waals surface area contributed by atoms with E-state index in [2.05, 4.69) is 9.97 Å². The number of H-pyrrole nitrogens is 1. The third-order valence-corrected chi connectivity index (χ3v) is 3.47. The van der Waals surface area contributed by atoms with Gasteiger partial charge in [0.15, 0.2) is 11.6 Å². The Balaban J connectivity index is 1.73. The summed E-state index contributed by atoms with van der Waals surface area (Å²) < 4.78 is 28.9. The number of nitrogens with one attached hydrogen (secondary N) is 1. The highest BCUT2D eigenvalue weighted by Crippen LogP contribution is 2.15. The molecule has 0 saturated carbocycles. The lowest BCUT2D eigenvalue weighted by Gasteiger charge is -2.08. The Morgan fingerprint density at radius 1 is 1.20 bits per heavy atom. The largest absolute Gasteiger partial charge is 0.487 e. The summed E-state index contributed by atoms with van der Waals surface area (Å²) in [5, 5.41) is 0.219. The van der Waals surface area contributed by atoms with Crippen molar-refractivity contribution in [3.8, 4) is 11.8 Å². The van der Waals surface area contributed by atoms with Gasteiger partial charge in [0.05, 0.1) is 0 Å². The van der Waals surface area contributed by atoms with Crippen LogP contribution in [0.2, 0.25) is 0 Å². The monoisotopic (exact) mass is 346 g/mol. The number of ether oxygens (including phenoxy) is 2. The lowest BCUT2D eigenvalue weighted by Crippen LogP contribution is -2.17. The van der Waals surface area contributed by atoms with Crippen LogP contribution in [0.1, 0.15) is 12.5 Å². The number of halogens is 1.